The van der Waals surface area contributed by atoms with E-state index in [-0.39, 0.29) is 12.4 Å². The zero-order valence-electron chi connectivity index (χ0n) is 15.4. The Hall–Kier alpha value is -3.26. The summed E-state index contributed by atoms with van der Waals surface area (Å²) in [6.07, 6.45) is 3.58. The second-order valence-corrected chi connectivity index (χ2v) is 6.54. The zero-order chi connectivity index (χ0) is 19.6. The molecule has 0 spiro atoms. The van der Waals surface area contributed by atoms with Crippen molar-refractivity contribution in [3.63, 3.8) is 0 Å². The summed E-state index contributed by atoms with van der Waals surface area (Å²) in [7, 11) is 0. The molecule has 1 N–H and O–H groups in total. The number of hydrogen-bond acceptors (Lipinski definition) is 8. The Balaban J connectivity index is 1.52. The maximum absolute atomic E-state index is 11.5. The Morgan fingerprint density at radius 1 is 1.25 bits per heavy atom. The van der Waals surface area contributed by atoms with E-state index >= 15 is 0 Å². The third-order valence-corrected chi connectivity index (χ3v) is 4.32. The van der Waals surface area contributed by atoms with Crippen LogP contribution in [-0.4, -0.2) is 28.8 Å². The average Bonchev–Trinajstić information content (AvgIpc) is 3.15. The van der Waals surface area contributed by atoms with Crippen molar-refractivity contribution in [2.45, 2.75) is 20.0 Å². The first kappa shape index (κ1) is 19.5. The highest BCUT2D eigenvalue weighted by molar-refractivity contribution is 7.13. The second kappa shape index (κ2) is 10.2. The molecule has 0 bridgehead atoms. The molecule has 0 aliphatic rings. The Labute approximate surface area is 167 Å². The third-order valence-electron chi connectivity index (χ3n) is 3.53. The van der Waals surface area contributed by atoms with Crippen molar-refractivity contribution in [1.29, 1.82) is 0 Å². The van der Waals surface area contributed by atoms with Crippen LogP contribution in [0.25, 0.3) is 0 Å². The number of hydrogen-bond donors (Lipinski definition) is 1. The van der Waals surface area contributed by atoms with E-state index < -0.39 is 0 Å². The van der Waals surface area contributed by atoms with Gasteiger partial charge in [-0.2, -0.15) is 5.10 Å². The number of benzene rings is 1. The van der Waals surface area contributed by atoms with Gasteiger partial charge in [-0.15, -0.1) is 11.3 Å². The van der Waals surface area contributed by atoms with Gasteiger partial charge >= 0.3 is 5.97 Å². The summed E-state index contributed by atoms with van der Waals surface area (Å²) in [6.45, 7) is 2.55. The molecule has 8 heteroatoms. The predicted molar refractivity (Wildman–Crippen MR) is 109 cm³/mol. The molecule has 0 saturated carbocycles. The molecule has 7 nitrogen and oxygen atoms in total. The van der Waals surface area contributed by atoms with Crippen molar-refractivity contribution in [3.8, 4) is 5.75 Å². The van der Waals surface area contributed by atoms with Gasteiger partial charge in [0.2, 0.25) is 5.13 Å². The van der Waals surface area contributed by atoms with Crippen molar-refractivity contribution >= 4 is 28.7 Å². The summed E-state index contributed by atoms with van der Waals surface area (Å²) in [5, 5.41) is 6.60. The van der Waals surface area contributed by atoms with Crippen LogP contribution in [0, 0.1) is 0 Å². The van der Waals surface area contributed by atoms with Gasteiger partial charge in [-0.1, -0.05) is 18.2 Å². The molecule has 2 heterocycles. The van der Waals surface area contributed by atoms with E-state index in [1.807, 2.05) is 42.5 Å². The lowest BCUT2D eigenvalue weighted by atomic mass is 10.2. The van der Waals surface area contributed by atoms with Gasteiger partial charge in [0.25, 0.3) is 0 Å². The van der Waals surface area contributed by atoms with Gasteiger partial charge in [-0.25, -0.2) is 4.98 Å². The highest BCUT2D eigenvalue weighted by Crippen LogP contribution is 2.17. The molecule has 0 amide bonds. The van der Waals surface area contributed by atoms with Gasteiger partial charge in [0.1, 0.15) is 12.4 Å². The Morgan fingerprint density at radius 3 is 3.00 bits per heavy atom. The summed E-state index contributed by atoms with van der Waals surface area (Å²) < 4.78 is 10.7. The van der Waals surface area contributed by atoms with Gasteiger partial charge in [-0.3, -0.25) is 15.2 Å². The number of carbonyl (C=O) groups excluding carboxylic acids is 1. The predicted octanol–water partition coefficient (Wildman–Crippen LogP) is 3.67. The number of nitrogens with zero attached hydrogens (tertiary/aromatic N) is 3. The molecule has 28 heavy (non-hydrogen) atoms. The molecule has 0 saturated heterocycles. The second-order valence-electron chi connectivity index (χ2n) is 5.68. The van der Waals surface area contributed by atoms with Crippen molar-refractivity contribution in [2.24, 2.45) is 5.10 Å². The number of carbonyl (C=O) groups is 1. The first-order valence-electron chi connectivity index (χ1n) is 8.75. The molecular weight excluding hydrogens is 376 g/mol. The zero-order valence-corrected chi connectivity index (χ0v) is 16.2. The SMILES string of the molecule is CCOC(=O)Cc1csc(NN=Cc2cccc(OCc3ccccn3)c2)n1. The highest BCUT2D eigenvalue weighted by Gasteiger charge is 2.07. The lowest BCUT2D eigenvalue weighted by molar-refractivity contribution is -0.142. The van der Waals surface area contributed by atoms with Crippen LogP contribution >= 0.6 is 11.3 Å². The summed E-state index contributed by atoms with van der Waals surface area (Å²) in [5.41, 5.74) is 5.28. The number of anilines is 1. The van der Waals surface area contributed by atoms with Crippen LogP contribution in [0.15, 0.2) is 59.1 Å². The number of aromatic nitrogens is 2. The average molecular weight is 396 g/mol. The lowest BCUT2D eigenvalue weighted by Gasteiger charge is -2.06. The molecule has 0 atom stereocenters. The molecule has 0 fully saturated rings. The van der Waals surface area contributed by atoms with Crippen LogP contribution in [0.5, 0.6) is 5.75 Å². The van der Waals surface area contributed by atoms with E-state index in [9.17, 15) is 4.79 Å². The maximum Gasteiger partial charge on any atom is 0.311 e. The number of nitrogens with one attached hydrogen (secondary N) is 1. The number of hydrazone groups is 1. The molecule has 144 valence electrons. The fourth-order valence-electron chi connectivity index (χ4n) is 2.29. The first-order valence-corrected chi connectivity index (χ1v) is 9.63. The largest absolute Gasteiger partial charge is 0.487 e. The topological polar surface area (TPSA) is 85.7 Å². The van der Waals surface area contributed by atoms with Crippen LogP contribution in [-0.2, 0) is 22.6 Å². The van der Waals surface area contributed by atoms with Crippen molar-refractivity contribution in [2.75, 3.05) is 12.0 Å². The minimum Gasteiger partial charge on any atom is -0.487 e. The number of pyridine rings is 1. The molecular formula is C20H20N4O3S. The Kier molecular flexibility index (Phi) is 7.08. The quantitative estimate of drug-likeness (QED) is 0.337. The standard InChI is InChI=1S/C20H20N4O3S/c1-2-26-19(25)11-17-14-28-20(23-17)24-22-12-15-6-5-8-18(10-15)27-13-16-7-3-4-9-21-16/h3-10,12,14H,2,11,13H2,1H3,(H,23,24). The molecule has 2 aromatic heterocycles. The smallest absolute Gasteiger partial charge is 0.311 e. The molecule has 0 aliphatic carbocycles. The van der Waals surface area contributed by atoms with E-state index in [1.165, 1.54) is 11.3 Å². The summed E-state index contributed by atoms with van der Waals surface area (Å²) in [4.78, 5) is 20.0. The van der Waals surface area contributed by atoms with Crippen molar-refractivity contribution < 1.29 is 14.3 Å². The van der Waals surface area contributed by atoms with Crippen LogP contribution in [0.1, 0.15) is 23.9 Å². The first-order chi connectivity index (χ1) is 13.7. The van der Waals surface area contributed by atoms with Crippen LogP contribution < -0.4 is 10.2 Å². The van der Waals surface area contributed by atoms with Gasteiger partial charge < -0.3 is 9.47 Å². The minimum absolute atomic E-state index is 0.158. The normalized spacial score (nSPS) is 10.8. The van der Waals surface area contributed by atoms with Crippen LogP contribution in [0.2, 0.25) is 0 Å². The molecule has 3 rings (SSSR count). The fraction of sp³-hybridized carbons (Fsp3) is 0.200. The summed E-state index contributed by atoms with van der Waals surface area (Å²) >= 11 is 1.38. The summed E-state index contributed by atoms with van der Waals surface area (Å²) in [6, 6.07) is 13.3. The lowest BCUT2D eigenvalue weighted by Crippen LogP contribution is -2.07. The van der Waals surface area contributed by atoms with E-state index in [0.717, 1.165) is 17.0 Å². The highest BCUT2D eigenvalue weighted by atomic mass is 32.1. The van der Waals surface area contributed by atoms with Gasteiger partial charge in [-0.05, 0) is 36.8 Å². The minimum atomic E-state index is -0.287. The van der Waals surface area contributed by atoms with Crippen LogP contribution in [0.3, 0.4) is 0 Å². The summed E-state index contributed by atoms with van der Waals surface area (Å²) in [5.74, 6) is 0.450. The molecule has 3 aromatic rings. The van der Waals surface area contributed by atoms with Gasteiger partial charge in [0, 0.05) is 11.6 Å². The van der Waals surface area contributed by atoms with Crippen molar-refractivity contribution in [3.05, 3.63) is 71.0 Å². The monoisotopic (exact) mass is 396 g/mol. The number of thiazole rings is 1. The fourth-order valence-corrected chi connectivity index (χ4v) is 2.95. The molecule has 0 aliphatic heterocycles. The molecule has 1 aromatic carbocycles. The number of ether oxygens (including phenoxy) is 2. The van der Waals surface area contributed by atoms with E-state index in [2.05, 4.69) is 20.5 Å². The van der Waals surface area contributed by atoms with Crippen molar-refractivity contribution in [1.82, 2.24) is 9.97 Å². The Bertz CT molecular complexity index is 928. The van der Waals surface area contributed by atoms with E-state index in [1.54, 1.807) is 24.7 Å². The maximum atomic E-state index is 11.5. The number of esters is 1. The van der Waals surface area contributed by atoms with Gasteiger partial charge in [0.15, 0.2) is 0 Å². The number of rotatable bonds is 9. The molecule has 0 unspecified atom stereocenters. The Morgan fingerprint density at radius 2 is 2.18 bits per heavy atom. The van der Waals surface area contributed by atoms with E-state index in [4.69, 9.17) is 9.47 Å². The molecule has 0 radical (unpaired) electrons. The van der Waals surface area contributed by atoms with Crippen LogP contribution in [0.4, 0.5) is 5.13 Å². The van der Waals surface area contributed by atoms with E-state index in [0.29, 0.717) is 24.0 Å². The van der Waals surface area contributed by atoms with Gasteiger partial charge in [0.05, 0.1) is 30.6 Å². The third kappa shape index (κ3) is 6.17.